The van der Waals surface area contributed by atoms with E-state index in [2.05, 4.69) is 16.7 Å². The first kappa shape index (κ1) is 15.6. The van der Waals surface area contributed by atoms with Crippen LogP contribution in [0.15, 0.2) is 48.5 Å². The molecule has 0 saturated carbocycles. The Morgan fingerprint density at radius 2 is 1.86 bits per heavy atom. The molecule has 0 aromatic heterocycles. The van der Waals surface area contributed by atoms with Gasteiger partial charge in [0.1, 0.15) is 0 Å². The van der Waals surface area contributed by atoms with E-state index in [-0.39, 0.29) is 5.91 Å². The van der Waals surface area contributed by atoms with Gasteiger partial charge < -0.3 is 10.6 Å². The number of nitriles is 1. The van der Waals surface area contributed by atoms with Gasteiger partial charge in [0, 0.05) is 25.2 Å². The van der Waals surface area contributed by atoms with Crippen molar-refractivity contribution in [1.82, 2.24) is 5.32 Å². The number of nitrogens with zero attached hydrogens (tertiary/aromatic N) is 1. The van der Waals surface area contributed by atoms with Crippen LogP contribution in [0.2, 0.25) is 0 Å². The minimum absolute atomic E-state index is 0.0180. The van der Waals surface area contributed by atoms with Crippen molar-refractivity contribution in [1.29, 1.82) is 5.26 Å². The van der Waals surface area contributed by atoms with E-state index >= 15 is 0 Å². The van der Waals surface area contributed by atoms with E-state index in [9.17, 15) is 4.79 Å². The summed E-state index contributed by atoms with van der Waals surface area (Å²) >= 11 is 0. The van der Waals surface area contributed by atoms with Gasteiger partial charge in [-0.3, -0.25) is 4.79 Å². The highest BCUT2D eigenvalue weighted by molar-refractivity contribution is 5.76. The van der Waals surface area contributed by atoms with Crippen molar-refractivity contribution in [2.45, 2.75) is 19.9 Å². The number of carbonyl (C=O) groups is 1. The summed E-state index contributed by atoms with van der Waals surface area (Å²) in [5.74, 6) is 0.0180. The number of hydrogen-bond donors (Lipinski definition) is 2. The quantitative estimate of drug-likeness (QED) is 0.860. The van der Waals surface area contributed by atoms with Gasteiger partial charge >= 0.3 is 0 Å². The molecule has 0 atom stereocenters. The maximum Gasteiger partial charge on any atom is 0.222 e. The first-order chi connectivity index (χ1) is 10.7. The number of nitrogens with one attached hydrogen (secondary N) is 2. The second-order valence-corrected chi connectivity index (χ2v) is 5.07. The average molecular weight is 293 g/mol. The highest BCUT2D eigenvalue weighted by Crippen LogP contribution is 2.09. The molecule has 0 aliphatic carbocycles. The highest BCUT2D eigenvalue weighted by atomic mass is 16.1. The normalized spacial score (nSPS) is 9.82. The van der Waals surface area contributed by atoms with Gasteiger partial charge in [-0.2, -0.15) is 5.26 Å². The summed E-state index contributed by atoms with van der Waals surface area (Å²) in [6.07, 6.45) is 0.409. The van der Waals surface area contributed by atoms with Crippen LogP contribution in [0.25, 0.3) is 0 Å². The molecule has 0 aliphatic rings. The molecule has 112 valence electrons. The SMILES string of the molecule is Cc1ccccc1CNC(=O)CCNc1ccc(C#N)cc1. The molecule has 2 aromatic rings. The molecule has 2 aromatic carbocycles. The summed E-state index contributed by atoms with van der Waals surface area (Å²) in [6, 6.07) is 17.3. The zero-order chi connectivity index (χ0) is 15.8. The molecule has 22 heavy (non-hydrogen) atoms. The molecule has 0 fully saturated rings. The fourth-order valence-corrected chi connectivity index (χ4v) is 2.07. The van der Waals surface area contributed by atoms with E-state index in [0.717, 1.165) is 11.3 Å². The monoisotopic (exact) mass is 293 g/mol. The summed E-state index contributed by atoms with van der Waals surface area (Å²) in [5, 5.41) is 14.8. The third-order valence-corrected chi connectivity index (χ3v) is 3.43. The van der Waals surface area contributed by atoms with Gasteiger partial charge in [0.05, 0.1) is 11.6 Å². The van der Waals surface area contributed by atoms with E-state index in [0.29, 0.717) is 25.1 Å². The van der Waals surface area contributed by atoms with Gasteiger partial charge in [-0.25, -0.2) is 0 Å². The molecule has 4 heteroatoms. The second kappa shape index (κ2) is 7.84. The summed E-state index contributed by atoms with van der Waals surface area (Å²) in [4.78, 5) is 11.8. The first-order valence-corrected chi connectivity index (χ1v) is 7.24. The van der Waals surface area contributed by atoms with Gasteiger partial charge in [-0.1, -0.05) is 24.3 Å². The molecule has 0 spiro atoms. The zero-order valence-corrected chi connectivity index (χ0v) is 12.6. The molecular formula is C18H19N3O. The Morgan fingerprint density at radius 3 is 2.55 bits per heavy atom. The van der Waals surface area contributed by atoms with E-state index in [1.165, 1.54) is 5.56 Å². The summed E-state index contributed by atoms with van der Waals surface area (Å²) in [6.45, 7) is 3.15. The summed E-state index contributed by atoms with van der Waals surface area (Å²) in [7, 11) is 0. The van der Waals surface area contributed by atoms with E-state index < -0.39 is 0 Å². The number of carbonyl (C=O) groups excluding carboxylic acids is 1. The lowest BCUT2D eigenvalue weighted by Gasteiger charge is -2.09. The van der Waals surface area contributed by atoms with Crippen LogP contribution in [0, 0.1) is 18.3 Å². The Kier molecular flexibility index (Phi) is 5.56. The summed E-state index contributed by atoms with van der Waals surface area (Å²) < 4.78 is 0. The smallest absolute Gasteiger partial charge is 0.222 e. The first-order valence-electron chi connectivity index (χ1n) is 7.24. The predicted molar refractivity (Wildman–Crippen MR) is 87.3 cm³/mol. The number of rotatable bonds is 6. The van der Waals surface area contributed by atoms with Crippen LogP contribution >= 0.6 is 0 Å². The molecule has 0 bridgehead atoms. The van der Waals surface area contributed by atoms with Crippen molar-refractivity contribution in [3.63, 3.8) is 0 Å². The molecule has 0 radical (unpaired) electrons. The van der Waals surface area contributed by atoms with E-state index in [4.69, 9.17) is 5.26 Å². The standard InChI is InChI=1S/C18H19N3O/c1-14-4-2-3-5-16(14)13-21-18(22)10-11-20-17-8-6-15(12-19)7-9-17/h2-9,20H,10-11,13H2,1H3,(H,21,22). The Bertz CT molecular complexity index is 671. The fourth-order valence-electron chi connectivity index (χ4n) is 2.07. The lowest BCUT2D eigenvalue weighted by Crippen LogP contribution is -2.25. The Balaban J connectivity index is 1.71. The molecule has 0 heterocycles. The van der Waals surface area contributed by atoms with Crippen LogP contribution in [-0.4, -0.2) is 12.5 Å². The van der Waals surface area contributed by atoms with Crippen molar-refractivity contribution in [3.8, 4) is 6.07 Å². The van der Waals surface area contributed by atoms with Crippen molar-refractivity contribution in [2.75, 3.05) is 11.9 Å². The topological polar surface area (TPSA) is 64.9 Å². The van der Waals surface area contributed by atoms with Gasteiger partial charge in [-0.15, -0.1) is 0 Å². The zero-order valence-electron chi connectivity index (χ0n) is 12.6. The number of amides is 1. The highest BCUT2D eigenvalue weighted by Gasteiger charge is 2.03. The van der Waals surface area contributed by atoms with Crippen molar-refractivity contribution in [2.24, 2.45) is 0 Å². The van der Waals surface area contributed by atoms with Gasteiger partial charge in [-0.05, 0) is 42.3 Å². The van der Waals surface area contributed by atoms with Crippen LogP contribution in [0.4, 0.5) is 5.69 Å². The van der Waals surface area contributed by atoms with Crippen LogP contribution in [-0.2, 0) is 11.3 Å². The molecule has 0 aliphatic heterocycles. The molecule has 2 rings (SSSR count). The molecule has 4 nitrogen and oxygen atoms in total. The maximum atomic E-state index is 11.8. The van der Waals surface area contributed by atoms with E-state index in [1.54, 1.807) is 12.1 Å². The Hall–Kier alpha value is -2.80. The van der Waals surface area contributed by atoms with Gasteiger partial charge in [0.15, 0.2) is 0 Å². The van der Waals surface area contributed by atoms with Crippen molar-refractivity contribution >= 4 is 11.6 Å². The Labute approximate surface area is 130 Å². The van der Waals surface area contributed by atoms with Crippen LogP contribution < -0.4 is 10.6 Å². The molecule has 0 unspecified atom stereocenters. The molecule has 2 N–H and O–H groups in total. The third kappa shape index (κ3) is 4.64. The average Bonchev–Trinajstić information content (AvgIpc) is 2.55. The van der Waals surface area contributed by atoms with Crippen LogP contribution in [0.5, 0.6) is 0 Å². The molecule has 0 saturated heterocycles. The number of anilines is 1. The van der Waals surface area contributed by atoms with E-state index in [1.807, 2.05) is 43.3 Å². The van der Waals surface area contributed by atoms with Crippen molar-refractivity contribution in [3.05, 3.63) is 65.2 Å². The second-order valence-electron chi connectivity index (χ2n) is 5.07. The predicted octanol–water partition coefficient (Wildman–Crippen LogP) is 2.99. The van der Waals surface area contributed by atoms with Gasteiger partial charge in [0.25, 0.3) is 0 Å². The fraction of sp³-hybridized carbons (Fsp3) is 0.222. The lowest BCUT2D eigenvalue weighted by molar-refractivity contribution is -0.121. The lowest BCUT2D eigenvalue weighted by atomic mass is 10.1. The Morgan fingerprint density at radius 1 is 1.14 bits per heavy atom. The molecule has 1 amide bonds. The van der Waals surface area contributed by atoms with Gasteiger partial charge in [0.2, 0.25) is 5.91 Å². The van der Waals surface area contributed by atoms with Crippen LogP contribution in [0.3, 0.4) is 0 Å². The summed E-state index contributed by atoms with van der Waals surface area (Å²) in [5.41, 5.74) is 3.85. The maximum absolute atomic E-state index is 11.8. The van der Waals surface area contributed by atoms with Crippen LogP contribution in [0.1, 0.15) is 23.1 Å². The third-order valence-electron chi connectivity index (χ3n) is 3.43. The molecular weight excluding hydrogens is 274 g/mol. The largest absolute Gasteiger partial charge is 0.385 e. The minimum Gasteiger partial charge on any atom is -0.385 e. The number of hydrogen-bond acceptors (Lipinski definition) is 3. The number of benzene rings is 2. The minimum atomic E-state index is 0.0180. The number of aryl methyl sites for hydroxylation is 1. The van der Waals surface area contributed by atoms with Crippen molar-refractivity contribution < 1.29 is 4.79 Å².